The molecule has 2 aromatic carbocycles. The van der Waals surface area contributed by atoms with E-state index < -0.39 is 23.7 Å². The molecule has 1 aromatic heterocycles. The molecule has 3 aromatic rings. The maximum Gasteiger partial charge on any atom is 0.416 e. The van der Waals surface area contributed by atoms with Crippen molar-refractivity contribution in [3.05, 3.63) is 71.5 Å². The Hall–Kier alpha value is -4.15. The Bertz CT molecular complexity index is 1120. The molecule has 8 nitrogen and oxygen atoms in total. The van der Waals surface area contributed by atoms with E-state index in [1.54, 1.807) is 19.1 Å². The average Bonchev–Trinajstić information content (AvgIpc) is 2.70. The number of anilines is 4. The lowest BCUT2D eigenvalue weighted by atomic mass is 10.1. The van der Waals surface area contributed by atoms with Crippen molar-refractivity contribution in [3.63, 3.8) is 0 Å². The Morgan fingerprint density at radius 3 is 2.19 bits per heavy atom. The van der Waals surface area contributed by atoms with Gasteiger partial charge in [0.05, 0.1) is 23.6 Å². The second-order valence-electron chi connectivity index (χ2n) is 6.47. The van der Waals surface area contributed by atoms with Crippen LogP contribution in [-0.2, 0) is 6.18 Å². The van der Waals surface area contributed by atoms with Crippen molar-refractivity contribution in [2.45, 2.75) is 13.1 Å². The maximum absolute atomic E-state index is 12.8. The predicted octanol–water partition coefficient (Wildman–Crippen LogP) is 4.28. The summed E-state index contributed by atoms with van der Waals surface area (Å²) in [5.41, 5.74) is 6.01. The number of alkyl halides is 3. The Labute approximate surface area is 174 Å². The number of nitrogen functional groups attached to an aromatic ring is 1. The van der Waals surface area contributed by atoms with Gasteiger partial charge < -0.3 is 21.7 Å². The first-order valence-corrected chi connectivity index (χ1v) is 8.86. The van der Waals surface area contributed by atoms with Crippen molar-refractivity contribution < 1.29 is 22.8 Å². The zero-order valence-corrected chi connectivity index (χ0v) is 16.1. The zero-order valence-electron chi connectivity index (χ0n) is 16.1. The molecule has 0 atom stereocenters. The molecule has 1 heterocycles. The van der Waals surface area contributed by atoms with E-state index in [2.05, 4.69) is 25.9 Å². The summed E-state index contributed by atoms with van der Waals surface area (Å²) in [5, 5.41) is 7.43. The minimum absolute atomic E-state index is 0.0271. The number of carbonyl (C=O) groups excluding carboxylic acids is 2. The van der Waals surface area contributed by atoms with Gasteiger partial charge in [-0.15, -0.1) is 0 Å². The van der Waals surface area contributed by atoms with Crippen LogP contribution in [0.1, 0.15) is 21.5 Å². The molecule has 0 spiro atoms. The number of halogens is 3. The molecule has 0 aliphatic rings. The first-order chi connectivity index (χ1) is 14.6. The zero-order chi connectivity index (χ0) is 22.6. The number of amides is 3. The molecular formula is C20H17F3N6O2. The van der Waals surface area contributed by atoms with Crippen LogP contribution in [0.5, 0.6) is 0 Å². The van der Waals surface area contributed by atoms with E-state index in [9.17, 15) is 22.8 Å². The van der Waals surface area contributed by atoms with Crippen LogP contribution in [0.2, 0.25) is 0 Å². The molecule has 0 bridgehead atoms. The molecular weight excluding hydrogens is 413 g/mol. The molecule has 0 unspecified atom stereocenters. The number of nitrogens with two attached hydrogens (primary N) is 1. The summed E-state index contributed by atoms with van der Waals surface area (Å²) < 4.78 is 38.4. The molecule has 0 radical (unpaired) electrons. The van der Waals surface area contributed by atoms with Crippen molar-refractivity contribution in [2.75, 3.05) is 21.7 Å². The quantitative estimate of drug-likeness (QED) is 0.492. The van der Waals surface area contributed by atoms with Crippen LogP contribution < -0.4 is 21.7 Å². The molecule has 31 heavy (non-hydrogen) atoms. The van der Waals surface area contributed by atoms with E-state index in [4.69, 9.17) is 5.73 Å². The average molecular weight is 430 g/mol. The number of carbonyl (C=O) groups is 2. The van der Waals surface area contributed by atoms with E-state index in [1.807, 2.05) is 0 Å². The fraction of sp³-hybridized carbons (Fsp3) is 0.100. The third-order valence-corrected chi connectivity index (χ3v) is 4.12. The van der Waals surface area contributed by atoms with Gasteiger partial charge in [0, 0.05) is 16.9 Å². The van der Waals surface area contributed by atoms with Gasteiger partial charge in [-0.1, -0.05) is 12.1 Å². The molecule has 3 amide bonds. The molecule has 3 rings (SSSR count). The highest BCUT2D eigenvalue weighted by molar-refractivity contribution is 6.07. The van der Waals surface area contributed by atoms with Crippen molar-refractivity contribution >= 4 is 34.9 Å². The number of hydrogen-bond donors (Lipinski definition) is 4. The smallest absolute Gasteiger partial charge is 0.368 e. The van der Waals surface area contributed by atoms with Gasteiger partial charge in [-0.05, 0) is 42.8 Å². The minimum atomic E-state index is -4.52. The van der Waals surface area contributed by atoms with E-state index >= 15 is 0 Å². The number of nitrogens with zero attached hydrogens (tertiary/aromatic N) is 2. The van der Waals surface area contributed by atoms with E-state index in [-0.39, 0.29) is 22.9 Å². The summed E-state index contributed by atoms with van der Waals surface area (Å²) in [6.45, 7) is 1.71. The van der Waals surface area contributed by atoms with Crippen LogP contribution in [0, 0.1) is 6.92 Å². The van der Waals surface area contributed by atoms with Gasteiger partial charge in [0.2, 0.25) is 5.95 Å². The standard InChI is InChI=1S/C20H17F3N6O2/c1-11-5-6-14(8-16(11)17(30)27-15-9-25-18(24)26-10-15)29-19(31)28-13-4-2-3-12(7-13)20(21,22)23/h2-10H,1H3,(H,27,30)(H2,24,25,26)(H2,28,29,31). The van der Waals surface area contributed by atoms with Gasteiger partial charge in [0.25, 0.3) is 5.91 Å². The fourth-order valence-corrected chi connectivity index (χ4v) is 2.61. The summed E-state index contributed by atoms with van der Waals surface area (Å²) in [5.74, 6) is -0.403. The number of aromatic nitrogens is 2. The van der Waals surface area contributed by atoms with Crippen LogP contribution in [0.3, 0.4) is 0 Å². The fourth-order valence-electron chi connectivity index (χ4n) is 2.61. The van der Waals surface area contributed by atoms with Gasteiger partial charge in [-0.2, -0.15) is 13.2 Å². The first kappa shape index (κ1) is 21.6. The van der Waals surface area contributed by atoms with Crippen LogP contribution in [-0.4, -0.2) is 21.9 Å². The Morgan fingerprint density at radius 1 is 0.903 bits per heavy atom. The predicted molar refractivity (Wildman–Crippen MR) is 110 cm³/mol. The van der Waals surface area contributed by atoms with Crippen LogP contribution in [0.25, 0.3) is 0 Å². The summed E-state index contributed by atoms with van der Waals surface area (Å²) in [4.78, 5) is 32.3. The molecule has 5 N–H and O–H groups in total. The van der Waals surface area contributed by atoms with Crippen LogP contribution in [0.15, 0.2) is 54.9 Å². The van der Waals surface area contributed by atoms with Crippen molar-refractivity contribution in [2.24, 2.45) is 0 Å². The molecule has 0 aliphatic carbocycles. The SMILES string of the molecule is Cc1ccc(NC(=O)Nc2cccc(C(F)(F)F)c2)cc1C(=O)Nc1cnc(N)nc1. The number of nitrogens with one attached hydrogen (secondary N) is 3. The highest BCUT2D eigenvalue weighted by atomic mass is 19.4. The molecule has 160 valence electrons. The monoisotopic (exact) mass is 430 g/mol. The molecule has 0 aliphatic heterocycles. The summed E-state index contributed by atoms with van der Waals surface area (Å²) in [7, 11) is 0. The molecule has 11 heteroatoms. The summed E-state index contributed by atoms with van der Waals surface area (Å²) in [6.07, 6.45) is -1.83. The highest BCUT2D eigenvalue weighted by Crippen LogP contribution is 2.30. The minimum Gasteiger partial charge on any atom is -0.368 e. The lowest BCUT2D eigenvalue weighted by molar-refractivity contribution is -0.137. The lowest BCUT2D eigenvalue weighted by Crippen LogP contribution is -2.20. The summed E-state index contributed by atoms with van der Waals surface area (Å²) in [6, 6.07) is 8.10. The van der Waals surface area contributed by atoms with Gasteiger partial charge in [0.15, 0.2) is 0 Å². The maximum atomic E-state index is 12.8. The van der Waals surface area contributed by atoms with E-state index in [0.29, 0.717) is 11.3 Å². The number of benzene rings is 2. The summed E-state index contributed by atoms with van der Waals surface area (Å²) >= 11 is 0. The lowest BCUT2D eigenvalue weighted by Gasteiger charge is -2.12. The molecule has 0 saturated heterocycles. The third kappa shape index (κ3) is 5.69. The van der Waals surface area contributed by atoms with Gasteiger partial charge in [-0.3, -0.25) is 4.79 Å². The molecule has 0 fully saturated rings. The van der Waals surface area contributed by atoms with Gasteiger partial charge in [-0.25, -0.2) is 14.8 Å². The largest absolute Gasteiger partial charge is 0.416 e. The number of urea groups is 1. The number of rotatable bonds is 4. The third-order valence-electron chi connectivity index (χ3n) is 4.12. The first-order valence-electron chi connectivity index (χ1n) is 8.86. The Balaban J connectivity index is 1.70. The van der Waals surface area contributed by atoms with Crippen molar-refractivity contribution in [1.82, 2.24) is 9.97 Å². The van der Waals surface area contributed by atoms with Crippen LogP contribution >= 0.6 is 0 Å². The molecule has 0 saturated carbocycles. The van der Waals surface area contributed by atoms with Crippen LogP contribution in [0.4, 0.5) is 41.0 Å². The van der Waals surface area contributed by atoms with E-state index in [0.717, 1.165) is 12.1 Å². The normalized spacial score (nSPS) is 11.0. The van der Waals surface area contributed by atoms with E-state index in [1.165, 1.54) is 30.6 Å². The van der Waals surface area contributed by atoms with Crippen molar-refractivity contribution in [3.8, 4) is 0 Å². The highest BCUT2D eigenvalue weighted by Gasteiger charge is 2.30. The van der Waals surface area contributed by atoms with Gasteiger partial charge in [0.1, 0.15) is 0 Å². The van der Waals surface area contributed by atoms with Crippen molar-refractivity contribution in [1.29, 1.82) is 0 Å². The second kappa shape index (κ2) is 8.69. The second-order valence-corrected chi connectivity index (χ2v) is 6.47. The Kier molecular flexibility index (Phi) is 6.05. The van der Waals surface area contributed by atoms with Gasteiger partial charge >= 0.3 is 12.2 Å². The Morgan fingerprint density at radius 2 is 1.55 bits per heavy atom. The number of hydrogen-bond acceptors (Lipinski definition) is 5. The topological polar surface area (TPSA) is 122 Å². The number of aryl methyl sites for hydroxylation is 1.